The normalized spacial score (nSPS) is 22.2. The van der Waals surface area contributed by atoms with Crippen LogP contribution in [-0.4, -0.2) is 36.1 Å². The number of carbonyl (C=O) groups is 1. The smallest absolute Gasteiger partial charge is 0.315 e. The molecule has 4 nitrogen and oxygen atoms in total. The number of piperazine rings is 1. The number of amides is 2. The van der Waals surface area contributed by atoms with Crippen molar-refractivity contribution in [2.45, 2.75) is 24.2 Å². The van der Waals surface area contributed by atoms with Crippen LogP contribution >= 0.6 is 0 Å². The van der Waals surface area contributed by atoms with Gasteiger partial charge in [0.1, 0.15) is 0 Å². The highest BCUT2D eigenvalue weighted by Crippen LogP contribution is 2.43. The third kappa shape index (κ3) is 3.73. The van der Waals surface area contributed by atoms with Gasteiger partial charge in [0.15, 0.2) is 0 Å². The molecule has 2 heterocycles. The lowest BCUT2D eigenvalue weighted by Crippen LogP contribution is -2.74. The minimum atomic E-state index is -4.40. The average molecular weight is 437 g/mol. The summed E-state index contributed by atoms with van der Waals surface area (Å²) in [6, 6.07) is 22.9. The molecule has 5 rings (SSSR count). The number of fused-ring (bicyclic) bond motifs is 2. The fourth-order valence-corrected chi connectivity index (χ4v) is 4.78. The topological polar surface area (TPSA) is 44.4 Å². The van der Waals surface area contributed by atoms with Gasteiger partial charge in [-0.25, -0.2) is 4.79 Å². The molecule has 3 aromatic carbocycles. The number of piperidine rings is 1. The summed E-state index contributed by atoms with van der Waals surface area (Å²) in [5, 5.41) is 6.09. The van der Waals surface area contributed by atoms with Crippen molar-refractivity contribution in [3.8, 4) is 11.1 Å². The number of carbonyl (C=O) groups excluding carboxylic acids is 1. The van der Waals surface area contributed by atoms with E-state index < -0.39 is 11.7 Å². The van der Waals surface area contributed by atoms with Gasteiger partial charge in [0.2, 0.25) is 0 Å². The minimum absolute atomic E-state index is 0.00535. The Labute approximate surface area is 184 Å². The molecule has 0 saturated carbocycles. The summed E-state index contributed by atoms with van der Waals surface area (Å²) < 4.78 is 38.3. The zero-order chi connectivity index (χ0) is 22.3. The van der Waals surface area contributed by atoms with E-state index in [4.69, 9.17) is 0 Å². The fourth-order valence-electron chi connectivity index (χ4n) is 4.78. The van der Waals surface area contributed by atoms with Crippen molar-refractivity contribution >= 4 is 11.7 Å². The van der Waals surface area contributed by atoms with Gasteiger partial charge in [0.05, 0.1) is 17.6 Å². The molecule has 2 N–H and O–H groups in total. The van der Waals surface area contributed by atoms with Gasteiger partial charge in [0.25, 0.3) is 0 Å². The van der Waals surface area contributed by atoms with Crippen LogP contribution < -0.4 is 10.6 Å². The largest absolute Gasteiger partial charge is 0.416 e. The molecular formula is C25H22F3N3O. The number of halogens is 3. The maximum atomic E-state index is 12.9. The number of hydrogen-bond donors (Lipinski definition) is 2. The van der Waals surface area contributed by atoms with Crippen LogP contribution in [0.25, 0.3) is 11.1 Å². The Morgan fingerprint density at radius 1 is 0.844 bits per heavy atom. The molecule has 3 atom stereocenters. The molecule has 2 saturated heterocycles. The summed E-state index contributed by atoms with van der Waals surface area (Å²) in [6.45, 7) is 1.37. The Hall–Kier alpha value is -3.32. The maximum Gasteiger partial charge on any atom is 0.416 e. The van der Waals surface area contributed by atoms with E-state index in [1.165, 1.54) is 17.7 Å². The van der Waals surface area contributed by atoms with Gasteiger partial charge in [-0.2, -0.15) is 13.2 Å². The maximum absolute atomic E-state index is 12.9. The van der Waals surface area contributed by atoms with Gasteiger partial charge in [0, 0.05) is 24.7 Å². The zero-order valence-electron chi connectivity index (χ0n) is 17.1. The monoisotopic (exact) mass is 437 g/mol. The van der Waals surface area contributed by atoms with Gasteiger partial charge in [-0.15, -0.1) is 0 Å². The molecule has 2 aliphatic heterocycles. The van der Waals surface area contributed by atoms with Crippen molar-refractivity contribution in [3.05, 3.63) is 90.0 Å². The van der Waals surface area contributed by atoms with Crippen molar-refractivity contribution in [3.63, 3.8) is 0 Å². The van der Waals surface area contributed by atoms with Crippen LogP contribution in [0.1, 0.15) is 17.0 Å². The number of hydrogen-bond acceptors (Lipinski definition) is 2. The van der Waals surface area contributed by atoms with Crippen LogP contribution in [0.5, 0.6) is 0 Å². The Morgan fingerprint density at radius 3 is 2.03 bits per heavy atom. The molecule has 3 aromatic rings. The van der Waals surface area contributed by atoms with E-state index >= 15 is 0 Å². The number of benzene rings is 3. The molecule has 164 valence electrons. The molecule has 2 amide bonds. The van der Waals surface area contributed by atoms with E-state index in [2.05, 4.69) is 47.0 Å². The van der Waals surface area contributed by atoms with Crippen molar-refractivity contribution in [2.24, 2.45) is 0 Å². The van der Waals surface area contributed by atoms with Crippen LogP contribution in [0.15, 0.2) is 78.9 Å². The van der Waals surface area contributed by atoms with Crippen LogP contribution in [0.3, 0.4) is 0 Å². The fraction of sp³-hybridized carbons (Fsp3) is 0.240. The van der Waals surface area contributed by atoms with E-state index in [1.54, 1.807) is 0 Å². The first-order chi connectivity index (χ1) is 15.4. The van der Waals surface area contributed by atoms with Crippen molar-refractivity contribution < 1.29 is 18.0 Å². The van der Waals surface area contributed by atoms with E-state index in [1.807, 2.05) is 23.1 Å². The van der Waals surface area contributed by atoms with Crippen molar-refractivity contribution in [2.75, 3.05) is 18.4 Å². The molecule has 2 fully saturated rings. The first-order valence-corrected chi connectivity index (χ1v) is 10.5. The second-order valence-corrected chi connectivity index (χ2v) is 8.22. The van der Waals surface area contributed by atoms with Gasteiger partial charge >= 0.3 is 12.2 Å². The predicted octanol–water partition coefficient (Wildman–Crippen LogP) is 5.34. The van der Waals surface area contributed by atoms with Gasteiger partial charge < -0.3 is 15.5 Å². The van der Waals surface area contributed by atoms with Crippen molar-refractivity contribution in [1.29, 1.82) is 0 Å². The average Bonchev–Trinajstić information content (AvgIpc) is 2.80. The first kappa shape index (κ1) is 20.6. The van der Waals surface area contributed by atoms with Crippen LogP contribution in [0.4, 0.5) is 23.7 Å². The summed E-state index contributed by atoms with van der Waals surface area (Å²) in [5.74, 6) is 0.236. The predicted molar refractivity (Wildman–Crippen MR) is 117 cm³/mol. The molecular weight excluding hydrogens is 415 g/mol. The third-order valence-electron chi connectivity index (χ3n) is 6.35. The molecule has 2 bridgehead atoms. The summed E-state index contributed by atoms with van der Waals surface area (Å²) >= 11 is 0. The lowest BCUT2D eigenvalue weighted by Gasteiger charge is -2.59. The molecule has 0 aromatic heterocycles. The number of anilines is 1. The SMILES string of the molecule is O=C(Nc1ccc(C(F)(F)F)cc1)N1[C@@H]2CNC[C@H]1C2c1ccc(-c2ccccc2)cc1. The van der Waals surface area contributed by atoms with Gasteiger partial charge in [-0.1, -0.05) is 54.6 Å². The second kappa shape index (κ2) is 7.98. The third-order valence-corrected chi connectivity index (χ3v) is 6.35. The number of nitrogens with one attached hydrogen (secondary N) is 2. The van der Waals surface area contributed by atoms with E-state index in [0.29, 0.717) is 18.8 Å². The number of alkyl halides is 3. The van der Waals surface area contributed by atoms with Gasteiger partial charge in [-0.05, 0) is 41.0 Å². The molecule has 0 spiro atoms. The standard InChI is InChI=1S/C25H22F3N3O/c26-25(27,28)19-10-12-20(13-11-19)30-24(32)31-21-14-29-15-22(31)23(21)18-8-6-17(7-9-18)16-4-2-1-3-5-16/h1-13,21-23,29H,14-15H2,(H,30,32)/t21-,22+,23?. The van der Waals surface area contributed by atoms with E-state index in [-0.39, 0.29) is 24.0 Å². The Balaban J connectivity index is 1.28. The molecule has 1 unspecified atom stereocenters. The van der Waals surface area contributed by atoms with Crippen LogP contribution in [0, 0.1) is 0 Å². The number of nitrogens with zero attached hydrogens (tertiary/aromatic N) is 1. The summed E-state index contributed by atoms with van der Waals surface area (Å²) in [5.41, 5.74) is 3.12. The van der Waals surface area contributed by atoms with Crippen molar-refractivity contribution in [1.82, 2.24) is 10.2 Å². The highest BCUT2D eigenvalue weighted by molar-refractivity contribution is 5.91. The lowest BCUT2D eigenvalue weighted by molar-refractivity contribution is -0.137. The molecule has 7 heteroatoms. The summed E-state index contributed by atoms with van der Waals surface area (Å²) in [7, 11) is 0. The summed E-state index contributed by atoms with van der Waals surface area (Å²) in [4.78, 5) is 14.7. The first-order valence-electron chi connectivity index (χ1n) is 10.5. The Morgan fingerprint density at radius 2 is 1.44 bits per heavy atom. The van der Waals surface area contributed by atoms with E-state index in [9.17, 15) is 18.0 Å². The molecule has 2 aliphatic rings. The van der Waals surface area contributed by atoms with Gasteiger partial charge in [-0.3, -0.25) is 0 Å². The number of rotatable bonds is 3. The lowest BCUT2D eigenvalue weighted by atomic mass is 9.72. The number of urea groups is 1. The highest BCUT2D eigenvalue weighted by atomic mass is 19.4. The summed E-state index contributed by atoms with van der Waals surface area (Å²) in [6.07, 6.45) is -4.40. The Bertz CT molecular complexity index is 1090. The minimum Gasteiger partial charge on any atom is -0.315 e. The van der Waals surface area contributed by atoms with E-state index in [0.717, 1.165) is 23.3 Å². The second-order valence-electron chi connectivity index (χ2n) is 8.22. The Kier molecular flexibility index (Phi) is 5.13. The quantitative estimate of drug-likeness (QED) is 0.581. The molecule has 32 heavy (non-hydrogen) atoms. The van der Waals surface area contributed by atoms with Crippen LogP contribution in [-0.2, 0) is 6.18 Å². The highest BCUT2D eigenvalue weighted by Gasteiger charge is 2.53. The van der Waals surface area contributed by atoms with Crippen LogP contribution in [0.2, 0.25) is 0 Å². The molecule has 0 aliphatic carbocycles. The zero-order valence-corrected chi connectivity index (χ0v) is 17.1. The molecule has 0 radical (unpaired) electrons.